The lowest BCUT2D eigenvalue weighted by Gasteiger charge is -2.30. The molecule has 0 aromatic heterocycles. The summed E-state index contributed by atoms with van der Waals surface area (Å²) in [7, 11) is -3.55. The lowest BCUT2D eigenvalue weighted by atomic mass is 10.1. The van der Waals surface area contributed by atoms with Crippen molar-refractivity contribution in [2.45, 2.75) is 71.0 Å². The molecule has 36 heavy (non-hydrogen) atoms. The van der Waals surface area contributed by atoms with Gasteiger partial charge >= 0.3 is 0 Å². The van der Waals surface area contributed by atoms with E-state index in [9.17, 15) is 18.0 Å². The van der Waals surface area contributed by atoms with Gasteiger partial charge in [0.2, 0.25) is 21.8 Å². The maximum Gasteiger partial charge on any atom is 0.242 e. The van der Waals surface area contributed by atoms with Crippen LogP contribution in [0.25, 0.3) is 0 Å². The molecule has 2 amide bonds. The Kier molecular flexibility index (Phi) is 9.79. The number of benzene rings is 2. The molecule has 0 aliphatic heterocycles. The molecule has 0 saturated heterocycles. The van der Waals surface area contributed by atoms with E-state index in [0.29, 0.717) is 23.7 Å². The summed E-state index contributed by atoms with van der Waals surface area (Å²) in [5, 5.41) is 3.62. The number of hydrogen-bond acceptors (Lipinski definition) is 4. The number of sulfonamides is 1. The Hall–Kier alpha value is -2.58. The molecule has 1 saturated carbocycles. The Labute approximate surface area is 219 Å². The van der Waals surface area contributed by atoms with Gasteiger partial charge in [0.05, 0.1) is 11.9 Å². The van der Waals surface area contributed by atoms with Crippen molar-refractivity contribution in [2.24, 2.45) is 0 Å². The van der Waals surface area contributed by atoms with E-state index in [1.165, 1.54) is 4.31 Å². The predicted molar refractivity (Wildman–Crippen MR) is 144 cm³/mol. The van der Waals surface area contributed by atoms with Crippen LogP contribution in [0.4, 0.5) is 5.69 Å². The van der Waals surface area contributed by atoms with Gasteiger partial charge in [-0.3, -0.25) is 13.9 Å². The highest BCUT2D eigenvalue weighted by molar-refractivity contribution is 7.92. The summed E-state index contributed by atoms with van der Waals surface area (Å²) < 4.78 is 26.1. The molecule has 0 spiro atoms. The van der Waals surface area contributed by atoms with E-state index in [-0.39, 0.29) is 30.8 Å². The van der Waals surface area contributed by atoms with Crippen LogP contribution in [0.1, 0.15) is 56.6 Å². The molecule has 7 nitrogen and oxygen atoms in total. The first-order chi connectivity index (χ1) is 17.1. The van der Waals surface area contributed by atoms with E-state index in [4.69, 9.17) is 11.6 Å². The normalized spacial score (nSPS) is 14.9. The maximum absolute atomic E-state index is 13.4. The molecule has 196 valence electrons. The number of carbonyl (C=O) groups excluding carboxylic acids is 2. The van der Waals surface area contributed by atoms with Gasteiger partial charge in [-0.15, -0.1) is 0 Å². The van der Waals surface area contributed by atoms with Gasteiger partial charge in [-0.25, -0.2) is 8.42 Å². The Bertz CT molecular complexity index is 1150. The van der Waals surface area contributed by atoms with Crippen LogP contribution >= 0.6 is 11.6 Å². The van der Waals surface area contributed by atoms with Crippen LogP contribution in [0, 0.1) is 6.92 Å². The van der Waals surface area contributed by atoms with E-state index in [0.717, 1.165) is 43.1 Å². The molecule has 1 fully saturated rings. The Morgan fingerprint density at radius 2 is 1.72 bits per heavy atom. The standard InChI is InChI=1S/C27H36ClN3O4S/c1-20-9-4-5-10-22(20)19-30(21(2)27(33)29-24-11-6-7-12-24)26(32)13-8-18-31(36(3,34)35)25-16-14-23(28)15-17-25/h4-5,9-10,14-17,21,24H,6-8,11-13,18-19H2,1-3H3,(H,29,33)/t21-/m1/s1. The molecule has 0 unspecified atom stereocenters. The van der Waals surface area contributed by atoms with E-state index in [1.54, 1.807) is 36.1 Å². The molecule has 1 aliphatic carbocycles. The lowest BCUT2D eigenvalue weighted by molar-refractivity contribution is -0.141. The van der Waals surface area contributed by atoms with Crippen molar-refractivity contribution >= 4 is 39.1 Å². The number of hydrogen-bond donors (Lipinski definition) is 1. The van der Waals surface area contributed by atoms with E-state index >= 15 is 0 Å². The first-order valence-electron chi connectivity index (χ1n) is 12.4. The van der Waals surface area contributed by atoms with Crippen LogP contribution in [-0.4, -0.2) is 50.0 Å². The third kappa shape index (κ3) is 7.71. The van der Waals surface area contributed by atoms with E-state index < -0.39 is 16.1 Å². The first kappa shape index (κ1) is 28.0. The van der Waals surface area contributed by atoms with Crippen LogP contribution in [0.3, 0.4) is 0 Å². The highest BCUT2D eigenvalue weighted by atomic mass is 35.5. The number of amides is 2. The summed E-state index contributed by atoms with van der Waals surface area (Å²) in [6, 6.07) is 13.9. The average Bonchev–Trinajstić information content (AvgIpc) is 3.34. The predicted octanol–water partition coefficient (Wildman–Crippen LogP) is 4.67. The number of halogens is 1. The molecule has 3 rings (SSSR count). The fraction of sp³-hybridized carbons (Fsp3) is 0.481. The second-order valence-corrected chi connectivity index (χ2v) is 11.9. The van der Waals surface area contributed by atoms with Crippen molar-refractivity contribution < 1.29 is 18.0 Å². The van der Waals surface area contributed by atoms with Crippen LogP contribution in [0.15, 0.2) is 48.5 Å². The molecule has 1 atom stereocenters. The smallest absolute Gasteiger partial charge is 0.242 e. The van der Waals surface area contributed by atoms with Crippen LogP contribution in [0.5, 0.6) is 0 Å². The second kappa shape index (κ2) is 12.6. The average molecular weight is 534 g/mol. The van der Waals surface area contributed by atoms with E-state index in [2.05, 4.69) is 5.32 Å². The zero-order chi connectivity index (χ0) is 26.3. The Morgan fingerprint density at radius 3 is 2.33 bits per heavy atom. The maximum atomic E-state index is 13.4. The zero-order valence-electron chi connectivity index (χ0n) is 21.2. The number of carbonyl (C=O) groups is 2. The SMILES string of the molecule is Cc1ccccc1CN(C(=O)CCCN(c1ccc(Cl)cc1)S(C)(=O)=O)[C@H](C)C(=O)NC1CCCC1. The molecule has 0 bridgehead atoms. The number of nitrogens with one attached hydrogen (secondary N) is 1. The van der Waals surface area contributed by atoms with E-state index in [1.807, 2.05) is 31.2 Å². The molecule has 0 radical (unpaired) electrons. The third-order valence-electron chi connectivity index (χ3n) is 6.74. The first-order valence-corrected chi connectivity index (χ1v) is 14.7. The van der Waals surface area contributed by atoms with Gasteiger partial charge in [-0.1, -0.05) is 48.7 Å². The highest BCUT2D eigenvalue weighted by Crippen LogP contribution is 2.22. The van der Waals surface area contributed by atoms with Crippen LogP contribution in [-0.2, 0) is 26.2 Å². The minimum Gasteiger partial charge on any atom is -0.352 e. The minimum absolute atomic E-state index is 0.118. The van der Waals surface area contributed by atoms with Gasteiger partial charge in [-0.05, 0) is 68.5 Å². The number of anilines is 1. The van der Waals surface area contributed by atoms with Crippen molar-refractivity contribution in [2.75, 3.05) is 17.1 Å². The topological polar surface area (TPSA) is 86.8 Å². The Morgan fingerprint density at radius 1 is 1.08 bits per heavy atom. The van der Waals surface area contributed by atoms with Gasteiger partial charge < -0.3 is 10.2 Å². The zero-order valence-corrected chi connectivity index (χ0v) is 22.8. The van der Waals surface area contributed by atoms with Gasteiger partial charge in [0.15, 0.2) is 0 Å². The van der Waals surface area contributed by atoms with Gasteiger partial charge in [0, 0.05) is 30.6 Å². The molecule has 1 aliphatic rings. The van der Waals surface area contributed by atoms with Crippen LogP contribution < -0.4 is 9.62 Å². The number of rotatable bonds is 11. The van der Waals surface area contributed by atoms with Crippen molar-refractivity contribution in [3.8, 4) is 0 Å². The summed E-state index contributed by atoms with van der Waals surface area (Å²) >= 11 is 5.95. The molecule has 2 aromatic carbocycles. The summed E-state index contributed by atoms with van der Waals surface area (Å²) in [5.41, 5.74) is 2.52. The Balaban J connectivity index is 1.72. The van der Waals surface area contributed by atoms with Crippen molar-refractivity contribution in [3.63, 3.8) is 0 Å². The number of aryl methyl sites for hydroxylation is 1. The van der Waals surface area contributed by atoms with Crippen molar-refractivity contribution in [1.82, 2.24) is 10.2 Å². The quantitative estimate of drug-likeness (QED) is 0.454. The highest BCUT2D eigenvalue weighted by Gasteiger charge is 2.29. The molecule has 2 aromatic rings. The molecule has 9 heteroatoms. The summed E-state index contributed by atoms with van der Waals surface area (Å²) in [5.74, 6) is -0.334. The summed E-state index contributed by atoms with van der Waals surface area (Å²) in [6.45, 7) is 4.21. The van der Waals surface area contributed by atoms with Crippen molar-refractivity contribution in [1.29, 1.82) is 0 Å². The van der Waals surface area contributed by atoms with Gasteiger partial charge in [-0.2, -0.15) is 0 Å². The summed E-state index contributed by atoms with van der Waals surface area (Å²) in [4.78, 5) is 28.1. The number of nitrogens with zero attached hydrogens (tertiary/aromatic N) is 2. The minimum atomic E-state index is -3.55. The monoisotopic (exact) mass is 533 g/mol. The van der Waals surface area contributed by atoms with Crippen LogP contribution in [0.2, 0.25) is 5.02 Å². The third-order valence-corrected chi connectivity index (χ3v) is 8.18. The van der Waals surface area contributed by atoms with Crippen molar-refractivity contribution in [3.05, 3.63) is 64.7 Å². The molecular formula is C27H36ClN3O4S. The molecule has 1 N–H and O–H groups in total. The van der Waals surface area contributed by atoms with Gasteiger partial charge in [0.25, 0.3) is 0 Å². The van der Waals surface area contributed by atoms with Gasteiger partial charge in [0.1, 0.15) is 6.04 Å². The fourth-order valence-corrected chi connectivity index (χ4v) is 5.65. The molecular weight excluding hydrogens is 498 g/mol. The lowest BCUT2D eigenvalue weighted by Crippen LogP contribution is -2.49. The fourth-order valence-electron chi connectivity index (χ4n) is 4.56. The second-order valence-electron chi connectivity index (χ2n) is 9.53. The largest absolute Gasteiger partial charge is 0.352 e. The summed E-state index contributed by atoms with van der Waals surface area (Å²) in [6.07, 6.45) is 5.73. The molecule has 0 heterocycles.